The van der Waals surface area contributed by atoms with Crippen LogP contribution in [0.1, 0.15) is 0 Å². The van der Waals surface area contributed by atoms with E-state index in [2.05, 4.69) is 36.6 Å². The Bertz CT molecular complexity index is 815. The molecule has 2 aromatic carbocycles. The van der Waals surface area contributed by atoms with Crippen molar-refractivity contribution in [3.05, 3.63) is 50.1 Å². The summed E-state index contributed by atoms with van der Waals surface area (Å²) >= 11 is 12.1. The van der Waals surface area contributed by atoms with Crippen LogP contribution in [-0.2, 0) is 10.0 Å². The van der Waals surface area contributed by atoms with Gasteiger partial charge in [0.05, 0.1) is 20.9 Å². The zero-order valence-corrected chi connectivity index (χ0v) is 14.9. The Labute approximate surface area is 142 Å². The summed E-state index contributed by atoms with van der Waals surface area (Å²) < 4.78 is 40.9. The van der Waals surface area contributed by atoms with Gasteiger partial charge in [0.15, 0.2) is 0 Å². The number of anilines is 2. The lowest BCUT2D eigenvalue weighted by atomic mass is 10.3. The molecule has 0 aromatic heterocycles. The van der Waals surface area contributed by atoms with E-state index in [1.54, 1.807) is 12.1 Å². The molecule has 21 heavy (non-hydrogen) atoms. The van der Waals surface area contributed by atoms with Gasteiger partial charge in [0.1, 0.15) is 10.7 Å². The maximum Gasteiger partial charge on any atom is 0.263 e. The van der Waals surface area contributed by atoms with E-state index in [4.69, 9.17) is 17.3 Å². The van der Waals surface area contributed by atoms with Crippen molar-refractivity contribution >= 4 is 64.9 Å². The third-order valence-corrected chi connectivity index (χ3v) is 6.26. The molecule has 4 nitrogen and oxygen atoms in total. The van der Waals surface area contributed by atoms with Crippen LogP contribution < -0.4 is 10.5 Å². The molecule has 3 N–H and O–H groups in total. The van der Waals surface area contributed by atoms with E-state index in [9.17, 15) is 12.8 Å². The number of benzene rings is 2. The minimum atomic E-state index is -3.95. The summed E-state index contributed by atoms with van der Waals surface area (Å²) in [7, 11) is -3.95. The molecule has 0 fully saturated rings. The van der Waals surface area contributed by atoms with Gasteiger partial charge in [-0.1, -0.05) is 17.7 Å². The van der Waals surface area contributed by atoms with Crippen molar-refractivity contribution in [2.45, 2.75) is 4.90 Å². The highest BCUT2D eigenvalue weighted by Gasteiger charge is 2.21. The SMILES string of the molecule is Nc1cc(S(=O)(=O)Nc2cccc(Cl)c2Br)c(Br)cc1F. The summed E-state index contributed by atoms with van der Waals surface area (Å²) in [5, 5.41) is 0.355. The summed E-state index contributed by atoms with van der Waals surface area (Å²) in [6.07, 6.45) is 0. The molecular formula is C12H8Br2ClFN2O2S. The highest BCUT2D eigenvalue weighted by atomic mass is 79.9. The smallest absolute Gasteiger partial charge is 0.263 e. The molecule has 0 unspecified atom stereocenters. The van der Waals surface area contributed by atoms with Crippen molar-refractivity contribution in [3.8, 4) is 0 Å². The van der Waals surface area contributed by atoms with E-state index in [-0.39, 0.29) is 20.7 Å². The van der Waals surface area contributed by atoms with Gasteiger partial charge in [0, 0.05) is 4.47 Å². The van der Waals surface area contributed by atoms with Crippen molar-refractivity contribution in [1.82, 2.24) is 0 Å². The summed E-state index contributed by atoms with van der Waals surface area (Å²) in [6, 6.07) is 6.78. The standard InChI is InChI=1S/C12H8Br2ClFN2O2S/c13-6-4-8(16)9(17)5-11(6)21(19,20)18-10-3-1-2-7(15)12(10)14/h1-5,18H,17H2. The van der Waals surface area contributed by atoms with Gasteiger partial charge in [-0.2, -0.15) is 0 Å². The van der Waals surface area contributed by atoms with E-state index < -0.39 is 15.8 Å². The Kier molecular flexibility index (Phi) is 4.82. The molecular weight excluding hydrogens is 450 g/mol. The molecule has 2 rings (SSSR count). The minimum Gasteiger partial charge on any atom is -0.396 e. The second kappa shape index (κ2) is 6.12. The Morgan fingerprint density at radius 3 is 2.57 bits per heavy atom. The molecule has 0 saturated carbocycles. The van der Waals surface area contributed by atoms with Gasteiger partial charge in [-0.15, -0.1) is 0 Å². The van der Waals surface area contributed by atoms with E-state index in [1.165, 1.54) is 6.07 Å². The van der Waals surface area contributed by atoms with Crippen molar-refractivity contribution in [1.29, 1.82) is 0 Å². The Hall–Kier alpha value is -0.830. The molecule has 0 aliphatic heterocycles. The van der Waals surface area contributed by atoms with Crippen LogP contribution in [0.15, 0.2) is 44.2 Å². The average Bonchev–Trinajstić information content (AvgIpc) is 2.39. The van der Waals surface area contributed by atoms with E-state index >= 15 is 0 Å². The lowest BCUT2D eigenvalue weighted by molar-refractivity contribution is 0.599. The first kappa shape index (κ1) is 16.5. The number of rotatable bonds is 3. The number of nitrogens with two attached hydrogens (primary N) is 1. The summed E-state index contributed by atoms with van der Waals surface area (Å²) in [5.74, 6) is -0.704. The zero-order valence-electron chi connectivity index (χ0n) is 10.2. The Morgan fingerprint density at radius 2 is 1.90 bits per heavy atom. The number of nitrogens with one attached hydrogen (secondary N) is 1. The third-order valence-electron chi connectivity index (χ3n) is 2.54. The maximum absolute atomic E-state index is 13.3. The first-order chi connectivity index (χ1) is 9.72. The molecule has 0 saturated heterocycles. The number of hydrogen-bond donors (Lipinski definition) is 2. The summed E-state index contributed by atoms with van der Waals surface area (Å²) in [6.45, 7) is 0. The van der Waals surface area contributed by atoms with Crippen LogP contribution in [0.5, 0.6) is 0 Å². The fraction of sp³-hybridized carbons (Fsp3) is 0. The molecule has 0 aliphatic rings. The van der Waals surface area contributed by atoms with Crippen molar-refractivity contribution in [2.75, 3.05) is 10.5 Å². The minimum absolute atomic E-state index is 0.0693. The fourth-order valence-corrected chi connectivity index (χ4v) is 4.32. The quantitative estimate of drug-likeness (QED) is 0.671. The van der Waals surface area contributed by atoms with Gasteiger partial charge < -0.3 is 5.73 Å². The first-order valence-electron chi connectivity index (χ1n) is 5.43. The maximum atomic E-state index is 13.3. The molecule has 0 spiro atoms. The van der Waals surface area contributed by atoms with Crippen LogP contribution in [0.3, 0.4) is 0 Å². The molecule has 9 heteroatoms. The predicted octanol–water partition coefficient (Wildman–Crippen LogP) is 4.39. The predicted molar refractivity (Wildman–Crippen MR) is 88.5 cm³/mol. The van der Waals surface area contributed by atoms with Crippen LogP contribution in [-0.4, -0.2) is 8.42 Å². The zero-order chi connectivity index (χ0) is 15.8. The molecule has 112 valence electrons. The van der Waals surface area contributed by atoms with Crippen molar-refractivity contribution < 1.29 is 12.8 Å². The molecule has 2 aromatic rings. The van der Waals surface area contributed by atoms with Gasteiger partial charge in [0.2, 0.25) is 0 Å². The number of sulfonamides is 1. The summed E-state index contributed by atoms with van der Waals surface area (Å²) in [4.78, 5) is -0.173. The topological polar surface area (TPSA) is 72.2 Å². The molecule has 0 heterocycles. The van der Waals surface area contributed by atoms with E-state index in [0.29, 0.717) is 9.50 Å². The van der Waals surface area contributed by atoms with Gasteiger partial charge in [-0.25, -0.2) is 12.8 Å². The fourth-order valence-electron chi connectivity index (χ4n) is 1.53. The molecule has 0 amide bonds. The Balaban J connectivity index is 2.48. The van der Waals surface area contributed by atoms with E-state index in [1.807, 2.05) is 0 Å². The number of halogens is 4. The number of hydrogen-bond acceptors (Lipinski definition) is 3. The first-order valence-corrected chi connectivity index (χ1v) is 8.88. The van der Waals surface area contributed by atoms with Gasteiger partial charge >= 0.3 is 0 Å². The average molecular weight is 459 g/mol. The normalized spacial score (nSPS) is 11.4. The third kappa shape index (κ3) is 3.50. The highest BCUT2D eigenvalue weighted by Crippen LogP contribution is 2.33. The number of nitrogen functional groups attached to an aromatic ring is 1. The molecule has 0 aliphatic carbocycles. The van der Waals surface area contributed by atoms with Gasteiger partial charge in [-0.05, 0) is 56.1 Å². The highest BCUT2D eigenvalue weighted by molar-refractivity contribution is 9.11. The second-order valence-corrected chi connectivity index (χ2v) is 7.72. The van der Waals surface area contributed by atoms with Crippen LogP contribution >= 0.6 is 43.5 Å². The lowest BCUT2D eigenvalue weighted by Gasteiger charge is -2.12. The molecule has 0 bridgehead atoms. The molecule has 0 atom stereocenters. The molecule has 0 radical (unpaired) electrons. The van der Waals surface area contributed by atoms with Crippen molar-refractivity contribution in [3.63, 3.8) is 0 Å². The van der Waals surface area contributed by atoms with Gasteiger partial charge in [0.25, 0.3) is 10.0 Å². The van der Waals surface area contributed by atoms with Crippen LogP contribution in [0.25, 0.3) is 0 Å². The largest absolute Gasteiger partial charge is 0.396 e. The van der Waals surface area contributed by atoms with E-state index in [0.717, 1.165) is 12.1 Å². The lowest BCUT2D eigenvalue weighted by Crippen LogP contribution is -2.14. The Morgan fingerprint density at radius 1 is 1.24 bits per heavy atom. The monoisotopic (exact) mass is 456 g/mol. The van der Waals surface area contributed by atoms with Crippen LogP contribution in [0.4, 0.5) is 15.8 Å². The van der Waals surface area contributed by atoms with Crippen molar-refractivity contribution in [2.24, 2.45) is 0 Å². The van der Waals surface area contributed by atoms with Crippen LogP contribution in [0.2, 0.25) is 5.02 Å². The second-order valence-electron chi connectivity index (χ2n) is 4.01. The summed E-state index contributed by atoms with van der Waals surface area (Å²) in [5.41, 5.74) is 5.42. The van der Waals surface area contributed by atoms with Crippen LogP contribution in [0, 0.1) is 5.82 Å². The van der Waals surface area contributed by atoms with Gasteiger partial charge in [-0.3, -0.25) is 4.72 Å².